The van der Waals surface area contributed by atoms with Gasteiger partial charge in [-0.15, -0.1) is 23.1 Å². The molecule has 0 aliphatic rings. The lowest BCUT2D eigenvalue weighted by Crippen LogP contribution is -2.03. The highest BCUT2D eigenvalue weighted by Crippen LogP contribution is 2.35. The first kappa shape index (κ1) is 20.4. The molecule has 0 radical (unpaired) electrons. The lowest BCUT2D eigenvalue weighted by atomic mass is 10.1. The third-order valence-electron chi connectivity index (χ3n) is 4.29. The van der Waals surface area contributed by atoms with Gasteiger partial charge in [-0.2, -0.15) is 13.2 Å². The number of benzene rings is 2. The SMILES string of the molecule is [C-]#[N+]Cc1ccc(SCc2sc(-c3ccc(C(F)(F)F)cc3)nc2C)cc1C. The van der Waals surface area contributed by atoms with Crippen molar-refractivity contribution in [2.75, 3.05) is 0 Å². The maximum atomic E-state index is 12.7. The summed E-state index contributed by atoms with van der Waals surface area (Å²) in [6.07, 6.45) is -4.33. The van der Waals surface area contributed by atoms with Crippen LogP contribution in [0.2, 0.25) is 0 Å². The van der Waals surface area contributed by atoms with Crippen LogP contribution >= 0.6 is 23.1 Å². The van der Waals surface area contributed by atoms with E-state index >= 15 is 0 Å². The quantitative estimate of drug-likeness (QED) is 0.323. The van der Waals surface area contributed by atoms with Gasteiger partial charge in [0.2, 0.25) is 6.54 Å². The third kappa shape index (κ3) is 4.75. The van der Waals surface area contributed by atoms with Crippen molar-refractivity contribution in [1.82, 2.24) is 4.98 Å². The number of hydrogen-bond acceptors (Lipinski definition) is 3. The van der Waals surface area contributed by atoms with Crippen molar-refractivity contribution in [3.8, 4) is 10.6 Å². The van der Waals surface area contributed by atoms with Gasteiger partial charge in [0.25, 0.3) is 0 Å². The van der Waals surface area contributed by atoms with E-state index in [9.17, 15) is 13.2 Å². The molecule has 2 nitrogen and oxygen atoms in total. The van der Waals surface area contributed by atoms with Crippen LogP contribution in [0, 0.1) is 20.4 Å². The molecular weight excluding hydrogens is 401 g/mol. The number of aromatic nitrogens is 1. The molecule has 0 saturated carbocycles. The molecule has 0 amide bonds. The van der Waals surface area contributed by atoms with Crippen LogP contribution in [-0.2, 0) is 18.5 Å². The van der Waals surface area contributed by atoms with E-state index in [2.05, 4.69) is 15.9 Å². The zero-order valence-electron chi connectivity index (χ0n) is 15.3. The van der Waals surface area contributed by atoms with Crippen molar-refractivity contribution >= 4 is 23.1 Å². The molecular formula is C21H17F3N2S2. The van der Waals surface area contributed by atoms with E-state index in [1.165, 1.54) is 23.5 Å². The van der Waals surface area contributed by atoms with Crippen molar-refractivity contribution in [2.45, 2.75) is 37.2 Å². The summed E-state index contributed by atoms with van der Waals surface area (Å²) in [7, 11) is 0. The first-order valence-electron chi connectivity index (χ1n) is 8.47. The fraction of sp³-hybridized carbons (Fsp3) is 0.238. The molecule has 0 saturated heterocycles. The first-order valence-corrected chi connectivity index (χ1v) is 10.3. The van der Waals surface area contributed by atoms with Gasteiger partial charge in [0.1, 0.15) is 5.01 Å². The highest BCUT2D eigenvalue weighted by Gasteiger charge is 2.30. The van der Waals surface area contributed by atoms with Crippen molar-refractivity contribution in [3.05, 3.63) is 81.1 Å². The Hall–Kier alpha value is -2.30. The van der Waals surface area contributed by atoms with Crippen LogP contribution in [0.4, 0.5) is 13.2 Å². The second kappa shape index (κ2) is 8.38. The Bertz CT molecular complexity index is 1020. The molecule has 0 aliphatic carbocycles. The molecule has 0 bridgehead atoms. The predicted molar refractivity (Wildman–Crippen MR) is 108 cm³/mol. The normalized spacial score (nSPS) is 11.4. The van der Waals surface area contributed by atoms with Crippen molar-refractivity contribution < 1.29 is 13.2 Å². The summed E-state index contributed by atoms with van der Waals surface area (Å²) in [6.45, 7) is 11.3. The summed E-state index contributed by atoms with van der Waals surface area (Å²) in [5, 5.41) is 0.727. The van der Waals surface area contributed by atoms with Gasteiger partial charge in [0.05, 0.1) is 11.3 Å². The Morgan fingerprint density at radius 1 is 1.11 bits per heavy atom. The van der Waals surface area contributed by atoms with Crippen molar-refractivity contribution in [2.24, 2.45) is 0 Å². The maximum absolute atomic E-state index is 12.7. The minimum atomic E-state index is -4.33. The summed E-state index contributed by atoms with van der Waals surface area (Å²) in [6, 6.07) is 11.2. The van der Waals surface area contributed by atoms with Crippen LogP contribution in [0.15, 0.2) is 47.4 Å². The maximum Gasteiger partial charge on any atom is 0.416 e. The highest BCUT2D eigenvalue weighted by atomic mass is 32.2. The van der Waals surface area contributed by atoms with Gasteiger partial charge < -0.3 is 4.85 Å². The summed E-state index contributed by atoms with van der Waals surface area (Å²) in [5.41, 5.74) is 3.08. The van der Waals surface area contributed by atoms with Gasteiger partial charge in [-0.3, -0.25) is 0 Å². The molecule has 28 heavy (non-hydrogen) atoms. The molecule has 0 spiro atoms. The van der Waals surface area contributed by atoms with E-state index in [-0.39, 0.29) is 0 Å². The van der Waals surface area contributed by atoms with Crippen molar-refractivity contribution in [1.29, 1.82) is 0 Å². The standard InChI is InChI=1S/C21H17F3N2S2/c1-13-10-18(9-6-16(13)11-25-3)27-12-19-14(2)26-20(28-19)15-4-7-17(8-5-15)21(22,23)24/h4-10H,11-12H2,1-2H3. The van der Waals surface area contributed by atoms with Gasteiger partial charge in [0, 0.05) is 26.7 Å². The summed E-state index contributed by atoms with van der Waals surface area (Å²) >= 11 is 3.19. The van der Waals surface area contributed by atoms with Crippen LogP contribution in [-0.4, -0.2) is 4.98 Å². The number of halogens is 3. The molecule has 3 aromatic rings. The van der Waals surface area contributed by atoms with E-state index < -0.39 is 11.7 Å². The summed E-state index contributed by atoms with van der Waals surface area (Å²) in [5.74, 6) is 0.742. The zero-order chi connectivity index (χ0) is 20.3. The second-order valence-corrected chi connectivity index (χ2v) is 8.43. The Labute approximate surface area is 170 Å². The van der Waals surface area contributed by atoms with E-state index in [1.807, 2.05) is 26.0 Å². The number of alkyl halides is 3. The molecule has 0 atom stereocenters. The molecule has 1 aromatic heterocycles. The van der Waals surface area contributed by atoms with Gasteiger partial charge in [0.15, 0.2) is 0 Å². The Kier molecular flexibility index (Phi) is 6.11. The number of thiazole rings is 1. The lowest BCUT2D eigenvalue weighted by Gasteiger charge is -2.06. The fourth-order valence-electron chi connectivity index (χ4n) is 2.66. The third-order valence-corrected chi connectivity index (χ3v) is 6.69. The minimum absolute atomic E-state index is 0.390. The monoisotopic (exact) mass is 418 g/mol. The van der Waals surface area contributed by atoms with Crippen LogP contribution in [0.3, 0.4) is 0 Å². The first-order chi connectivity index (χ1) is 13.3. The summed E-state index contributed by atoms with van der Waals surface area (Å²) < 4.78 is 38.2. The second-order valence-electron chi connectivity index (χ2n) is 6.30. The zero-order valence-corrected chi connectivity index (χ0v) is 16.9. The summed E-state index contributed by atoms with van der Waals surface area (Å²) in [4.78, 5) is 10.2. The van der Waals surface area contributed by atoms with E-state index in [1.54, 1.807) is 11.8 Å². The van der Waals surface area contributed by atoms with Gasteiger partial charge >= 0.3 is 6.18 Å². The van der Waals surface area contributed by atoms with Crippen LogP contribution in [0.1, 0.15) is 27.3 Å². The highest BCUT2D eigenvalue weighted by molar-refractivity contribution is 7.98. The van der Waals surface area contributed by atoms with Gasteiger partial charge in [-0.05, 0) is 43.7 Å². The molecule has 144 valence electrons. The molecule has 0 unspecified atom stereocenters. The molecule has 0 fully saturated rings. The van der Waals surface area contributed by atoms with E-state index in [4.69, 9.17) is 6.57 Å². The molecule has 0 N–H and O–H groups in total. The van der Waals surface area contributed by atoms with Crippen LogP contribution in [0.5, 0.6) is 0 Å². The topological polar surface area (TPSA) is 17.2 Å². The van der Waals surface area contributed by atoms with Gasteiger partial charge in [-0.25, -0.2) is 11.6 Å². The average Bonchev–Trinajstić information content (AvgIpc) is 3.02. The Morgan fingerprint density at radius 2 is 1.82 bits per heavy atom. The van der Waals surface area contributed by atoms with E-state index in [0.29, 0.717) is 12.1 Å². The Morgan fingerprint density at radius 3 is 2.43 bits per heavy atom. The van der Waals surface area contributed by atoms with Crippen molar-refractivity contribution in [3.63, 3.8) is 0 Å². The fourth-order valence-corrected chi connectivity index (χ4v) is 4.86. The van der Waals surface area contributed by atoms with Crippen LogP contribution < -0.4 is 0 Å². The molecule has 0 aliphatic heterocycles. The molecule has 1 heterocycles. The number of thioether (sulfide) groups is 1. The number of nitrogens with zero attached hydrogens (tertiary/aromatic N) is 2. The van der Waals surface area contributed by atoms with E-state index in [0.717, 1.165) is 49.5 Å². The number of aryl methyl sites for hydroxylation is 2. The number of hydrogen-bond donors (Lipinski definition) is 0. The minimum Gasteiger partial charge on any atom is -0.312 e. The van der Waals surface area contributed by atoms with Gasteiger partial charge in [-0.1, -0.05) is 18.2 Å². The molecule has 3 rings (SSSR count). The predicted octanol–water partition coefficient (Wildman–Crippen LogP) is 7.16. The Balaban J connectivity index is 1.72. The molecule has 7 heteroatoms. The lowest BCUT2D eigenvalue weighted by molar-refractivity contribution is -0.137. The smallest absolute Gasteiger partial charge is 0.312 e. The largest absolute Gasteiger partial charge is 0.416 e. The molecule has 2 aromatic carbocycles. The average molecular weight is 419 g/mol. The van der Waals surface area contributed by atoms with Crippen LogP contribution in [0.25, 0.3) is 15.4 Å². The number of rotatable bonds is 5.